The maximum Gasteiger partial charge on any atom is 0.336 e. The molecular weight excluding hydrogens is 306 g/mol. The number of rotatable bonds is 3. The fourth-order valence-corrected chi connectivity index (χ4v) is 1.99. The van der Waals surface area contributed by atoms with E-state index in [4.69, 9.17) is 5.73 Å². The minimum Gasteiger partial charge on any atom is -0.478 e. The van der Waals surface area contributed by atoms with Crippen molar-refractivity contribution in [3.05, 3.63) is 64.1 Å². The van der Waals surface area contributed by atoms with Crippen molar-refractivity contribution in [2.45, 2.75) is 0 Å². The average Bonchev–Trinajstić information content (AvgIpc) is 2.39. The first-order valence-corrected chi connectivity index (χ1v) is 6.42. The molecule has 0 heterocycles. The molecule has 2 aromatic carbocycles. The molecule has 0 amide bonds. The van der Waals surface area contributed by atoms with Crippen molar-refractivity contribution in [2.75, 3.05) is 5.73 Å². The van der Waals surface area contributed by atoms with Gasteiger partial charge in [-0.05, 0) is 29.8 Å². The normalized spacial score (nSPS) is 11.3. The van der Waals surface area contributed by atoms with Crippen LogP contribution < -0.4 is 5.73 Å². The van der Waals surface area contributed by atoms with Crippen molar-refractivity contribution in [2.24, 2.45) is 0 Å². The maximum absolute atomic E-state index is 11.4. The summed E-state index contributed by atoms with van der Waals surface area (Å²) >= 11 is 3.34. The van der Waals surface area contributed by atoms with Crippen LogP contribution in [0, 0.1) is 0 Å². The van der Waals surface area contributed by atoms with Gasteiger partial charge in [-0.1, -0.05) is 46.3 Å². The van der Waals surface area contributed by atoms with Gasteiger partial charge in [0, 0.05) is 15.7 Å². The summed E-state index contributed by atoms with van der Waals surface area (Å²) < 4.78 is 0.945. The number of para-hydroxylation sites is 1. The summed E-state index contributed by atoms with van der Waals surface area (Å²) in [5, 5.41) is 9.33. The van der Waals surface area contributed by atoms with E-state index in [0.29, 0.717) is 11.3 Å². The molecule has 0 bridgehead atoms. The van der Waals surface area contributed by atoms with E-state index in [1.165, 1.54) is 0 Å². The molecule has 0 aliphatic heterocycles. The third-order valence-corrected chi connectivity index (χ3v) is 3.19. The van der Waals surface area contributed by atoms with Gasteiger partial charge in [0.2, 0.25) is 0 Å². The fourth-order valence-electron chi connectivity index (χ4n) is 1.72. The summed E-state index contributed by atoms with van der Waals surface area (Å²) in [5.41, 5.74) is 7.79. The van der Waals surface area contributed by atoms with Crippen LogP contribution in [-0.2, 0) is 4.79 Å². The Balaban J connectivity index is 2.50. The Bertz CT molecular complexity index is 633. The van der Waals surface area contributed by atoms with E-state index < -0.39 is 5.97 Å². The number of aliphatic carboxylic acids is 1. The molecule has 0 fully saturated rings. The van der Waals surface area contributed by atoms with E-state index in [1.807, 2.05) is 24.3 Å². The average molecular weight is 318 g/mol. The fraction of sp³-hybridized carbons (Fsp3) is 0. The highest BCUT2D eigenvalue weighted by molar-refractivity contribution is 9.10. The van der Waals surface area contributed by atoms with E-state index >= 15 is 0 Å². The smallest absolute Gasteiger partial charge is 0.336 e. The van der Waals surface area contributed by atoms with Gasteiger partial charge >= 0.3 is 5.97 Å². The monoisotopic (exact) mass is 317 g/mol. The molecule has 0 spiro atoms. The molecule has 19 heavy (non-hydrogen) atoms. The van der Waals surface area contributed by atoms with Crippen molar-refractivity contribution in [1.29, 1.82) is 0 Å². The highest BCUT2D eigenvalue weighted by Gasteiger charge is 2.12. The lowest BCUT2D eigenvalue weighted by Gasteiger charge is -2.06. The number of anilines is 1. The number of nitrogen functional groups attached to an aromatic ring is 1. The SMILES string of the molecule is Nc1ccccc1C(=Cc1ccc(Br)cc1)C(=O)O. The number of carbonyl (C=O) groups is 1. The molecule has 2 rings (SSSR count). The molecule has 0 radical (unpaired) electrons. The summed E-state index contributed by atoms with van der Waals surface area (Å²) in [7, 11) is 0. The van der Waals surface area contributed by atoms with Crippen molar-refractivity contribution in [3.63, 3.8) is 0 Å². The van der Waals surface area contributed by atoms with Crippen LogP contribution >= 0.6 is 15.9 Å². The number of carboxylic acid groups (broad SMARTS) is 1. The van der Waals surface area contributed by atoms with Crippen molar-refractivity contribution in [1.82, 2.24) is 0 Å². The molecule has 0 saturated carbocycles. The number of carboxylic acids is 1. The molecule has 0 aromatic heterocycles. The summed E-state index contributed by atoms with van der Waals surface area (Å²) in [5.74, 6) is -0.999. The number of halogens is 1. The van der Waals surface area contributed by atoms with E-state index in [0.717, 1.165) is 10.0 Å². The van der Waals surface area contributed by atoms with Crippen molar-refractivity contribution in [3.8, 4) is 0 Å². The Morgan fingerprint density at radius 3 is 2.32 bits per heavy atom. The zero-order valence-electron chi connectivity index (χ0n) is 10.0. The first kappa shape index (κ1) is 13.4. The van der Waals surface area contributed by atoms with Gasteiger partial charge in [0.1, 0.15) is 0 Å². The zero-order chi connectivity index (χ0) is 13.8. The maximum atomic E-state index is 11.4. The number of benzene rings is 2. The van der Waals surface area contributed by atoms with Crippen LogP contribution in [-0.4, -0.2) is 11.1 Å². The second kappa shape index (κ2) is 5.71. The predicted molar refractivity (Wildman–Crippen MR) is 80.5 cm³/mol. The topological polar surface area (TPSA) is 63.3 Å². The van der Waals surface area contributed by atoms with E-state index in [2.05, 4.69) is 15.9 Å². The van der Waals surface area contributed by atoms with Gasteiger partial charge in [0.05, 0.1) is 5.57 Å². The Morgan fingerprint density at radius 1 is 1.11 bits per heavy atom. The molecule has 0 atom stereocenters. The molecule has 4 heteroatoms. The standard InChI is InChI=1S/C15H12BrNO2/c16-11-7-5-10(6-8-11)9-13(15(18)19)12-3-1-2-4-14(12)17/h1-9H,17H2,(H,18,19). The van der Waals surface area contributed by atoms with Crippen molar-refractivity contribution >= 4 is 39.2 Å². The van der Waals surface area contributed by atoms with E-state index in [9.17, 15) is 9.90 Å². The highest BCUT2D eigenvalue weighted by atomic mass is 79.9. The molecule has 3 N–H and O–H groups in total. The quantitative estimate of drug-likeness (QED) is 0.516. The number of hydrogen-bond acceptors (Lipinski definition) is 2. The highest BCUT2D eigenvalue weighted by Crippen LogP contribution is 2.24. The van der Waals surface area contributed by atoms with Gasteiger partial charge < -0.3 is 10.8 Å². The van der Waals surface area contributed by atoms with Crippen LogP contribution in [0.15, 0.2) is 53.0 Å². The minimum absolute atomic E-state index is 0.181. The van der Waals surface area contributed by atoms with E-state index in [-0.39, 0.29) is 5.57 Å². The Labute approximate surface area is 119 Å². The molecule has 0 aliphatic rings. The van der Waals surface area contributed by atoms with Gasteiger partial charge in [-0.15, -0.1) is 0 Å². The second-order valence-corrected chi connectivity index (χ2v) is 4.92. The summed E-state index contributed by atoms with van der Waals surface area (Å²) in [6.07, 6.45) is 1.61. The number of nitrogens with two attached hydrogens (primary N) is 1. The first-order valence-electron chi connectivity index (χ1n) is 5.63. The molecule has 0 unspecified atom stereocenters. The zero-order valence-corrected chi connectivity index (χ0v) is 11.6. The summed E-state index contributed by atoms with van der Waals surface area (Å²) in [6, 6.07) is 14.3. The number of hydrogen-bond donors (Lipinski definition) is 2. The molecular formula is C15H12BrNO2. The Morgan fingerprint density at radius 2 is 1.74 bits per heavy atom. The Hall–Kier alpha value is -2.07. The lowest BCUT2D eigenvalue weighted by Crippen LogP contribution is -2.02. The van der Waals surface area contributed by atoms with Gasteiger partial charge in [0.15, 0.2) is 0 Å². The van der Waals surface area contributed by atoms with Gasteiger partial charge in [-0.2, -0.15) is 0 Å². The first-order chi connectivity index (χ1) is 9.08. The van der Waals surface area contributed by atoms with Gasteiger partial charge in [-0.3, -0.25) is 0 Å². The molecule has 0 saturated heterocycles. The largest absolute Gasteiger partial charge is 0.478 e. The van der Waals surface area contributed by atoms with Crippen LogP contribution in [0.3, 0.4) is 0 Å². The lowest BCUT2D eigenvalue weighted by atomic mass is 10.0. The minimum atomic E-state index is -0.999. The molecule has 3 nitrogen and oxygen atoms in total. The van der Waals surface area contributed by atoms with Gasteiger partial charge in [0.25, 0.3) is 0 Å². The van der Waals surface area contributed by atoms with Crippen LogP contribution in [0.25, 0.3) is 11.6 Å². The predicted octanol–water partition coefficient (Wildman–Crippen LogP) is 3.66. The summed E-state index contributed by atoms with van der Waals surface area (Å²) in [4.78, 5) is 11.4. The van der Waals surface area contributed by atoms with Crippen LogP contribution in [0.1, 0.15) is 11.1 Å². The van der Waals surface area contributed by atoms with Crippen LogP contribution in [0.5, 0.6) is 0 Å². The third kappa shape index (κ3) is 3.23. The van der Waals surface area contributed by atoms with E-state index in [1.54, 1.807) is 30.3 Å². The Kier molecular flexibility index (Phi) is 4.02. The third-order valence-electron chi connectivity index (χ3n) is 2.66. The van der Waals surface area contributed by atoms with Crippen LogP contribution in [0.4, 0.5) is 5.69 Å². The second-order valence-electron chi connectivity index (χ2n) is 4.00. The van der Waals surface area contributed by atoms with Crippen LogP contribution in [0.2, 0.25) is 0 Å². The van der Waals surface area contributed by atoms with Gasteiger partial charge in [-0.25, -0.2) is 4.79 Å². The summed E-state index contributed by atoms with van der Waals surface area (Å²) in [6.45, 7) is 0. The molecule has 2 aromatic rings. The molecule has 96 valence electrons. The van der Waals surface area contributed by atoms with Crippen molar-refractivity contribution < 1.29 is 9.90 Å². The molecule has 0 aliphatic carbocycles. The lowest BCUT2D eigenvalue weighted by molar-refractivity contribution is -0.130.